The monoisotopic (exact) mass is 318 g/mol. The van der Waals surface area contributed by atoms with E-state index in [1.807, 2.05) is 13.8 Å². The van der Waals surface area contributed by atoms with Crippen LogP contribution in [0.4, 0.5) is 5.69 Å². The summed E-state index contributed by atoms with van der Waals surface area (Å²) >= 11 is 0. The van der Waals surface area contributed by atoms with E-state index in [4.69, 9.17) is 4.74 Å². The Labute approximate surface area is 138 Å². The van der Waals surface area contributed by atoms with Gasteiger partial charge in [-0.2, -0.15) is 0 Å². The highest BCUT2D eigenvalue weighted by Crippen LogP contribution is 2.21. The molecule has 1 unspecified atom stereocenters. The van der Waals surface area contributed by atoms with Crippen LogP contribution in [-0.2, 0) is 9.59 Å². The Kier molecular flexibility index (Phi) is 6.02. The van der Waals surface area contributed by atoms with Gasteiger partial charge in [-0.1, -0.05) is 6.92 Å². The second-order valence-electron chi connectivity index (χ2n) is 6.20. The zero-order chi connectivity index (χ0) is 16.8. The van der Waals surface area contributed by atoms with Gasteiger partial charge in [-0.25, -0.2) is 0 Å². The van der Waals surface area contributed by atoms with Crippen LogP contribution in [0.1, 0.15) is 46.5 Å². The van der Waals surface area contributed by atoms with Gasteiger partial charge in [0.25, 0.3) is 0 Å². The van der Waals surface area contributed by atoms with Crippen molar-refractivity contribution in [3.05, 3.63) is 24.3 Å². The van der Waals surface area contributed by atoms with E-state index in [-0.39, 0.29) is 12.1 Å². The van der Waals surface area contributed by atoms with Crippen LogP contribution in [-0.4, -0.2) is 35.4 Å². The number of amides is 2. The SMILES string of the molecule is CCC1CCCCN1C(=O)C(=O)Nc1ccc(OC(C)C)cc1. The van der Waals surface area contributed by atoms with Gasteiger partial charge in [-0.15, -0.1) is 0 Å². The molecule has 1 aliphatic heterocycles. The number of anilines is 1. The summed E-state index contributed by atoms with van der Waals surface area (Å²) in [6.07, 6.45) is 4.07. The van der Waals surface area contributed by atoms with Crippen molar-refractivity contribution in [1.29, 1.82) is 0 Å². The molecule has 1 saturated heterocycles. The number of nitrogens with zero attached hydrogens (tertiary/aromatic N) is 1. The van der Waals surface area contributed by atoms with Crippen LogP contribution in [0.2, 0.25) is 0 Å². The molecule has 1 N–H and O–H groups in total. The van der Waals surface area contributed by atoms with Crippen molar-refractivity contribution in [2.45, 2.75) is 58.6 Å². The van der Waals surface area contributed by atoms with Gasteiger partial charge in [0.1, 0.15) is 5.75 Å². The molecule has 1 atom stereocenters. The molecule has 2 rings (SSSR count). The number of rotatable bonds is 4. The molecule has 23 heavy (non-hydrogen) atoms. The molecule has 5 heteroatoms. The molecule has 5 nitrogen and oxygen atoms in total. The summed E-state index contributed by atoms with van der Waals surface area (Å²) in [6.45, 7) is 6.64. The Hall–Kier alpha value is -2.04. The maximum Gasteiger partial charge on any atom is 0.313 e. The quantitative estimate of drug-likeness (QED) is 0.867. The molecule has 126 valence electrons. The van der Waals surface area contributed by atoms with Crippen LogP contribution in [0.15, 0.2) is 24.3 Å². The maximum absolute atomic E-state index is 12.4. The molecule has 0 bridgehead atoms. The highest BCUT2D eigenvalue weighted by Gasteiger charge is 2.29. The van der Waals surface area contributed by atoms with Gasteiger partial charge in [-0.3, -0.25) is 9.59 Å². The fourth-order valence-electron chi connectivity index (χ4n) is 2.90. The lowest BCUT2D eigenvalue weighted by molar-refractivity contribution is -0.145. The number of hydrogen-bond donors (Lipinski definition) is 1. The predicted octanol–water partition coefficient (Wildman–Crippen LogP) is 3.20. The van der Waals surface area contributed by atoms with E-state index < -0.39 is 11.8 Å². The first kappa shape index (κ1) is 17.3. The normalized spacial score (nSPS) is 17.9. The number of hydrogen-bond acceptors (Lipinski definition) is 3. The minimum atomic E-state index is -0.567. The topological polar surface area (TPSA) is 58.6 Å². The van der Waals surface area contributed by atoms with E-state index in [9.17, 15) is 9.59 Å². The molecule has 1 aromatic carbocycles. The Morgan fingerprint density at radius 1 is 1.26 bits per heavy atom. The Bertz CT molecular complexity index is 540. The van der Waals surface area contributed by atoms with Crippen LogP contribution < -0.4 is 10.1 Å². The third-order valence-corrected chi connectivity index (χ3v) is 4.04. The van der Waals surface area contributed by atoms with Gasteiger partial charge in [0.15, 0.2) is 0 Å². The van der Waals surface area contributed by atoms with Crippen LogP contribution in [0, 0.1) is 0 Å². The smallest absolute Gasteiger partial charge is 0.313 e. The molecule has 0 radical (unpaired) electrons. The standard InChI is InChI=1S/C18H26N2O3/c1-4-15-7-5-6-12-20(15)18(22)17(21)19-14-8-10-16(11-9-14)23-13(2)3/h8-11,13,15H,4-7,12H2,1-3H3,(H,19,21). The third-order valence-electron chi connectivity index (χ3n) is 4.04. The van der Waals surface area contributed by atoms with Crippen molar-refractivity contribution in [1.82, 2.24) is 4.90 Å². The first-order chi connectivity index (χ1) is 11.0. The summed E-state index contributed by atoms with van der Waals surface area (Å²) in [7, 11) is 0. The van der Waals surface area contributed by atoms with Crippen molar-refractivity contribution in [2.75, 3.05) is 11.9 Å². The average Bonchev–Trinajstić information content (AvgIpc) is 2.55. The molecule has 2 amide bonds. The molecule has 0 aromatic heterocycles. The summed E-state index contributed by atoms with van der Waals surface area (Å²) in [5, 5.41) is 2.68. The van der Waals surface area contributed by atoms with E-state index in [1.54, 1.807) is 29.2 Å². The van der Waals surface area contributed by atoms with E-state index >= 15 is 0 Å². The Morgan fingerprint density at radius 2 is 1.96 bits per heavy atom. The molecule has 1 aromatic rings. The van der Waals surface area contributed by atoms with Crippen molar-refractivity contribution in [3.63, 3.8) is 0 Å². The number of carbonyl (C=O) groups excluding carboxylic acids is 2. The van der Waals surface area contributed by atoms with E-state index in [0.29, 0.717) is 12.2 Å². The van der Waals surface area contributed by atoms with Crippen LogP contribution >= 0.6 is 0 Å². The lowest BCUT2D eigenvalue weighted by Crippen LogP contribution is -2.48. The maximum atomic E-state index is 12.4. The summed E-state index contributed by atoms with van der Waals surface area (Å²) in [5.74, 6) is -0.256. The second kappa shape index (κ2) is 7.99. The van der Waals surface area contributed by atoms with E-state index in [1.165, 1.54) is 0 Å². The number of likely N-dealkylation sites (tertiary alicyclic amines) is 1. The van der Waals surface area contributed by atoms with E-state index in [0.717, 1.165) is 31.4 Å². The number of ether oxygens (including phenoxy) is 1. The highest BCUT2D eigenvalue weighted by atomic mass is 16.5. The molecule has 1 aliphatic rings. The summed E-state index contributed by atoms with van der Waals surface area (Å²) in [6, 6.07) is 7.25. The zero-order valence-corrected chi connectivity index (χ0v) is 14.2. The molecule has 1 heterocycles. The number of piperidine rings is 1. The summed E-state index contributed by atoms with van der Waals surface area (Å²) in [4.78, 5) is 26.3. The van der Waals surface area contributed by atoms with Crippen LogP contribution in [0.5, 0.6) is 5.75 Å². The minimum absolute atomic E-state index is 0.0992. The fraction of sp³-hybridized carbons (Fsp3) is 0.556. The van der Waals surface area contributed by atoms with Crippen molar-refractivity contribution in [2.24, 2.45) is 0 Å². The van der Waals surface area contributed by atoms with Crippen molar-refractivity contribution < 1.29 is 14.3 Å². The summed E-state index contributed by atoms with van der Waals surface area (Å²) < 4.78 is 5.56. The third kappa shape index (κ3) is 4.71. The van der Waals surface area contributed by atoms with Gasteiger partial charge in [-0.05, 0) is 63.8 Å². The molecular formula is C18H26N2O3. The predicted molar refractivity (Wildman–Crippen MR) is 90.5 cm³/mol. The zero-order valence-electron chi connectivity index (χ0n) is 14.2. The lowest BCUT2D eigenvalue weighted by atomic mass is 10.00. The molecule has 0 saturated carbocycles. The molecular weight excluding hydrogens is 292 g/mol. The van der Waals surface area contributed by atoms with Gasteiger partial charge in [0.05, 0.1) is 6.10 Å². The average molecular weight is 318 g/mol. The van der Waals surface area contributed by atoms with Crippen LogP contribution in [0.25, 0.3) is 0 Å². The first-order valence-electron chi connectivity index (χ1n) is 8.40. The van der Waals surface area contributed by atoms with E-state index in [2.05, 4.69) is 12.2 Å². The van der Waals surface area contributed by atoms with Crippen molar-refractivity contribution in [3.8, 4) is 5.75 Å². The van der Waals surface area contributed by atoms with Crippen LogP contribution in [0.3, 0.4) is 0 Å². The minimum Gasteiger partial charge on any atom is -0.491 e. The molecule has 0 aliphatic carbocycles. The largest absolute Gasteiger partial charge is 0.491 e. The van der Waals surface area contributed by atoms with Gasteiger partial charge >= 0.3 is 11.8 Å². The molecule has 1 fully saturated rings. The van der Waals surface area contributed by atoms with Gasteiger partial charge in [0.2, 0.25) is 0 Å². The second-order valence-corrected chi connectivity index (χ2v) is 6.20. The Morgan fingerprint density at radius 3 is 2.57 bits per heavy atom. The fourth-order valence-corrected chi connectivity index (χ4v) is 2.90. The first-order valence-corrected chi connectivity index (χ1v) is 8.40. The van der Waals surface area contributed by atoms with Crippen molar-refractivity contribution >= 4 is 17.5 Å². The number of carbonyl (C=O) groups is 2. The van der Waals surface area contributed by atoms with Gasteiger partial charge < -0.3 is 15.0 Å². The highest BCUT2D eigenvalue weighted by molar-refractivity contribution is 6.39. The number of nitrogens with one attached hydrogen (secondary N) is 1. The lowest BCUT2D eigenvalue weighted by Gasteiger charge is -2.34. The van der Waals surface area contributed by atoms with Gasteiger partial charge in [0, 0.05) is 18.3 Å². The number of benzene rings is 1. The molecule has 0 spiro atoms. The summed E-state index contributed by atoms with van der Waals surface area (Å²) in [5.41, 5.74) is 0.601. The Balaban J connectivity index is 1.96.